The van der Waals surface area contributed by atoms with Crippen molar-refractivity contribution in [1.29, 1.82) is 0 Å². The van der Waals surface area contributed by atoms with E-state index in [-0.39, 0.29) is 35.5 Å². The standard InChI is InChI=1S/C7H12O2.Na.H/c1-5-6(8)9-7(2,3)4;;/h5H,1H2,2-4H3;;. The average Bonchev–Trinajstić information content (AvgIpc) is 1.62. The summed E-state index contributed by atoms with van der Waals surface area (Å²) in [5.41, 5.74) is -0.398. The number of carbonyl (C=O) groups is 1. The van der Waals surface area contributed by atoms with Crippen LogP contribution >= 0.6 is 0 Å². The van der Waals surface area contributed by atoms with Gasteiger partial charge in [0.15, 0.2) is 0 Å². The predicted molar refractivity (Wildman–Crippen MR) is 43.2 cm³/mol. The van der Waals surface area contributed by atoms with E-state index in [0.29, 0.717) is 0 Å². The summed E-state index contributed by atoms with van der Waals surface area (Å²) in [4.78, 5) is 10.5. The number of esters is 1. The monoisotopic (exact) mass is 152 g/mol. The van der Waals surface area contributed by atoms with E-state index in [1.165, 1.54) is 0 Å². The molecule has 54 valence electrons. The second-order valence-electron chi connectivity index (χ2n) is 2.74. The summed E-state index contributed by atoms with van der Waals surface area (Å²) < 4.78 is 4.83. The molecule has 0 aromatic rings. The molecule has 0 rings (SSSR count). The van der Waals surface area contributed by atoms with Gasteiger partial charge in [0, 0.05) is 6.08 Å². The van der Waals surface area contributed by atoms with Crippen molar-refractivity contribution in [1.82, 2.24) is 0 Å². The summed E-state index contributed by atoms with van der Waals surface area (Å²) in [5.74, 6) is -0.373. The first-order valence-electron chi connectivity index (χ1n) is 2.81. The maximum atomic E-state index is 10.5. The first kappa shape index (κ1) is 12.8. The van der Waals surface area contributed by atoms with Gasteiger partial charge in [0.05, 0.1) is 0 Å². The predicted octanol–water partition coefficient (Wildman–Crippen LogP) is 0.866. The van der Waals surface area contributed by atoms with Crippen LogP contribution in [0.5, 0.6) is 0 Å². The van der Waals surface area contributed by atoms with Crippen molar-refractivity contribution in [3.8, 4) is 0 Å². The normalized spacial score (nSPS) is 9.50. The summed E-state index contributed by atoms with van der Waals surface area (Å²) in [6.45, 7) is 8.71. The third kappa shape index (κ3) is 8.21. The van der Waals surface area contributed by atoms with Gasteiger partial charge in [-0.2, -0.15) is 0 Å². The molecule has 0 heterocycles. The number of hydrogen-bond donors (Lipinski definition) is 0. The molecule has 0 atom stereocenters. The molecule has 0 unspecified atom stereocenters. The Bertz CT molecular complexity index is 124. The maximum absolute atomic E-state index is 10.5. The molecule has 10 heavy (non-hydrogen) atoms. The van der Waals surface area contributed by atoms with Crippen molar-refractivity contribution >= 4 is 35.5 Å². The molecule has 0 aromatic heterocycles. The minimum absolute atomic E-state index is 0. The van der Waals surface area contributed by atoms with Crippen molar-refractivity contribution < 1.29 is 9.53 Å². The summed E-state index contributed by atoms with van der Waals surface area (Å²) >= 11 is 0. The van der Waals surface area contributed by atoms with Crippen LogP contribution in [0.1, 0.15) is 20.8 Å². The Labute approximate surface area is 83.9 Å². The Hall–Kier alpha value is 0.210. The molecule has 0 N–H and O–H groups in total. The molecule has 0 bridgehead atoms. The van der Waals surface area contributed by atoms with Crippen molar-refractivity contribution in [2.24, 2.45) is 0 Å². The van der Waals surface area contributed by atoms with Gasteiger partial charge in [-0.15, -0.1) is 0 Å². The number of rotatable bonds is 1. The zero-order chi connectivity index (χ0) is 7.49. The quantitative estimate of drug-likeness (QED) is 0.316. The second kappa shape index (κ2) is 4.94. The van der Waals surface area contributed by atoms with Gasteiger partial charge in [-0.05, 0) is 20.8 Å². The zero-order valence-corrected chi connectivity index (χ0v) is 6.10. The summed E-state index contributed by atoms with van der Waals surface area (Å²) in [5, 5.41) is 0. The zero-order valence-electron chi connectivity index (χ0n) is 6.10. The van der Waals surface area contributed by atoms with E-state index in [2.05, 4.69) is 6.58 Å². The molecule has 0 spiro atoms. The summed E-state index contributed by atoms with van der Waals surface area (Å²) in [7, 11) is 0. The molecule has 2 nitrogen and oxygen atoms in total. The van der Waals surface area contributed by atoms with Gasteiger partial charge in [-0.25, -0.2) is 4.79 Å². The topological polar surface area (TPSA) is 26.3 Å². The van der Waals surface area contributed by atoms with Crippen LogP contribution in [0, 0.1) is 0 Å². The van der Waals surface area contributed by atoms with Crippen LogP contribution in [0.3, 0.4) is 0 Å². The molecule has 0 radical (unpaired) electrons. The van der Waals surface area contributed by atoms with Crippen LogP contribution < -0.4 is 0 Å². The fourth-order valence-electron chi connectivity index (χ4n) is 0.343. The third-order valence-corrected chi connectivity index (χ3v) is 0.573. The molecule has 0 aliphatic rings. The van der Waals surface area contributed by atoms with Gasteiger partial charge >= 0.3 is 35.5 Å². The van der Waals surface area contributed by atoms with Crippen molar-refractivity contribution in [2.75, 3.05) is 0 Å². The van der Waals surface area contributed by atoms with Crippen LogP contribution in [0.4, 0.5) is 0 Å². The molecule has 0 saturated heterocycles. The molecule has 0 saturated carbocycles. The molecular weight excluding hydrogens is 139 g/mol. The Kier molecular flexibility index (Phi) is 6.35. The first-order chi connectivity index (χ1) is 3.95. The van der Waals surface area contributed by atoms with Crippen LogP contribution in [-0.2, 0) is 9.53 Å². The van der Waals surface area contributed by atoms with E-state index in [0.717, 1.165) is 6.08 Å². The Morgan fingerprint density at radius 1 is 1.50 bits per heavy atom. The van der Waals surface area contributed by atoms with Gasteiger partial charge in [0.1, 0.15) is 5.60 Å². The van der Waals surface area contributed by atoms with Gasteiger partial charge < -0.3 is 4.74 Å². The first-order valence-corrected chi connectivity index (χ1v) is 2.81. The van der Waals surface area contributed by atoms with Gasteiger partial charge in [0.25, 0.3) is 0 Å². The van der Waals surface area contributed by atoms with Crippen LogP contribution in [-0.4, -0.2) is 41.1 Å². The number of ether oxygens (including phenoxy) is 1. The van der Waals surface area contributed by atoms with Crippen LogP contribution in [0.2, 0.25) is 0 Å². The van der Waals surface area contributed by atoms with Crippen LogP contribution in [0.25, 0.3) is 0 Å². The molecule has 0 fully saturated rings. The molecule has 3 heteroatoms. The van der Waals surface area contributed by atoms with Crippen molar-refractivity contribution in [3.63, 3.8) is 0 Å². The molecule has 0 amide bonds. The number of hydrogen-bond acceptors (Lipinski definition) is 2. The minimum atomic E-state index is -0.398. The van der Waals surface area contributed by atoms with Gasteiger partial charge in [0.2, 0.25) is 0 Å². The van der Waals surface area contributed by atoms with E-state index in [1.807, 2.05) is 20.8 Å². The number of carbonyl (C=O) groups excluding carboxylic acids is 1. The second-order valence-corrected chi connectivity index (χ2v) is 2.74. The summed E-state index contributed by atoms with van der Waals surface area (Å²) in [6, 6.07) is 0. The molecule has 0 aromatic carbocycles. The van der Waals surface area contributed by atoms with E-state index in [9.17, 15) is 4.79 Å². The van der Waals surface area contributed by atoms with E-state index in [4.69, 9.17) is 4.74 Å². The Balaban J connectivity index is 0. The molecular formula is C7H13NaO2. The molecule has 0 aliphatic carbocycles. The van der Waals surface area contributed by atoms with Crippen molar-refractivity contribution in [2.45, 2.75) is 26.4 Å². The fourth-order valence-corrected chi connectivity index (χ4v) is 0.343. The van der Waals surface area contributed by atoms with E-state index >= 15 is 0 Å². The van der Waals surface area contributed by atoms with E-state index < -0.39 is 5.60 Å². The molecule has 0 aliphatic heterocycles. The Morgan fingerprint density at radius 3 is 2.00 bits per heavy atom. The van der Waals surface area contributed by atoms with Gasteiger partial charge in [-0.3, -0.25) is 0 Å². The SMILES string of the molecule is C=CC(=O)OC(C)(C)C.[NaH]. The summed E-state index contributed by atoms with van der Waals surface area (Å²) in [6.07, 6.45) is 1.16. The Morgan fingerprint density at radius 2 is 1.90 bits per heavy atom. The average molecular weight is 152 g/mol. The van der Waals surface area contributed by atoms with Crippen LogP contribution in [0.15, 0.2) is 12.7 Å². The van der Waals surface area contributed by atoms with Crippen molar-refractivity contribution in [3.05, 3.63) is 12.7 Å². The third-order valence-electron chi connectivity index (χ3n) is 0.573. The van der Waals surface area contributed by atoms with Gasteiger partial charge in [-0.1, -0.05) is 6.58 Å². The fraction of sp³-hybridized carbons (Fsp3) is 0.571. The van der Waals surface area contributed by atoms with E-state index in [1.54, 1.807) is 0 Å².